The maximum absolute atomic E-state index is 11.3. The molecule has 1 aromatic rings. The fourth-order valence-electron chi connectivity index (χ4n) is 1.45. The summed E-state index contributed by atoms with van der Waals surface area (Å²) in [5.41, 5.74) is 6.09. The van der Waals surface area contributed by atoms with Gasteiger partial charge in [0.1, 0.15) is 6.04 Å². The first-order chi connectivity index (χ1) is 8.13. The van der Waals surface area contributed by atoms with Crippen LogP contribution in [0.2, 0.25) is 0 Å². The van der Waals surface area contributed by atoms with Crippen molar-refractivity contribution in [1.82, 2.24) is 5.32 Å². The number of nitrogens with two attached hydrogens (primary N) is 1. The van der Waals surface area contributed by atoms with Crippen LogP contribution >= 0.6 is 12.4 Å². The first-order valence-corrected chi connectivity index (χ1v) is 5.39. The third-order valence-electron chi connectivity index (χ3n) is 2.29. The molecule has 0 aromatic heterocycles. The minimum absolute atomic E-state index is 0. The first-order valence-electron chi connectivity index (χ1n) is 5.39. The molecule has 1 rings (SSSR count). The molecule has 0 saturated carbocycles. The second-order valence-electron chi connectivity index (χ2n) is 3.69. The number of amides is 1. The van der Waals surface area contributed by atoms with Gasteiger partial charge in [0, 0.05) is 19.4 Å². The monoisotopic (exact) mass is 272 g/mol. The van der Waals surface area contributed by atoms with E-state index in [0.29, 0.717) is 0 Å². The molecule has 6 heteroatoms. The number of nitrogens with one attached hydrogen (secondary N) is 1. The van der Waals surface area contributed by atoms with Gasteiger partial charge in [-0.25, -0.2) is 4.79 Å². The third kappa shape index (κ3) is 5.65. The van der Waals surface area contributed by atoms with Crippen LogP contribution < -0.4 is 11.1 Å². The smallest absolute Gasteiger partial charge is 0.326 e. The van der Waals surface area contributed by atoms with Gasteiger partial charge in [0.15, 0.2) is 0 Å². The first kappa shape index (κ1) is 16.4. The molecule has 0 saturated heterocycles. The van der Waals surface area contributed by atoms with Gasteiger partial charge in [0.25, 0.3) is 0 Å². The Balaban J connectivity index is 0.00000289. The van der Waals surface area contributed by atoms with Crippen LogP contribution in [-0.2, 0) is 16.0 Å². The van der Waals surface area contributed by atoms with Crippen LogP contribution in [0, 0.1) is 0 Å². The predicted octanol–water partition coefficient (Wildman–Crippen LogP) is 0.569. The van der Waals surface area contributed by atoms with E-state index in [0.717, 1.165) is 5.56 Å². The van der Waals surface area contributed by atoms with Crippen LogP contribution in [0.4, 0.5) is 0 Å². The van der Waals surface area contributed by atoms with Crippen molar-refractivity contribution in [2.45, 2.75) is 18.9 Å². The number of hydrogen-bond acceptors (Lipinski definition) is 3. The second-order valence-corrected chi connectivity index (χ2v) is 3.69. The Labute approximate surface area is 112 Å². The van der Waals surface area contributed by atoms with Gasteiger partial charge in [0.2, 0.25) is 5.91 Å². The quantitative estimate of drug-likeness (QED) is 0.706. The van der Waals surface area contributed by atoms with Gasteiger partial charge in [-0.3, -0.25) is 4.79 Å². The van der Waals surface area contributed by atoms with Crippen molar-refractivity contribution in [1.29, 1.82) is 0 Å². The van der Waals surface area contributed by atoms with Gasteiger partial charge in [-0.05, 0) is 5.56 Å². The molecule has 0 spiro atoms. The summed E-state index contributed by atoms with van der Waals surface area (Å²) in [7, 11) is 0. The summed E-state index contributed by atoms with van der Waals surface area (Å²) in [6, 6.07) is 8.25. The highest BCUT2D eigenvalue weighted by molar-refractivity contribution is 5.85. The third-order valence-corrected chi connectivity index (χ3v) is 2.29. The van der Waals surface area contributed by atoms with E-state index >= 15 is 0 Å². The Morgan fingerprint density at radius 1 is 1.28 bits per heavy atom. The zero-order valence-electron chi connectivity index (χ0n) is 9.83. The molecule has 0 aliphatic carbocycles. The molecule has 0 heterocycles. The van der Waals surface area contributed by atoms with Crippen LogP contribution in [0.1, 0.15) is 12.0 Å². The largest absolute Gasteiger partial charge is 0.480 e. The molecule has 1 aromatic carbocycles. The summed E-state index contributed by atoms with van der Waals surface area (Å²) in [4.78, 5) is 22.3. The van der Waals surface area contributed by atoms with Crippen molar-refractivity contribution in [2.24, 2.45) is 5.73 Å². The Hall–Kier alpha value is -1.59. The maximum atomic E-state index is 11.3. The van der Waals surface area contributed by atoms with Gasteiger partial charge < -0.3 is 16.2 Å². The fraction of sp³-hybridized carbons (Fsp3) is 0.333. The van der Waals surface area contributed by atoms with Gasteiger partial charge in [-0.2, -0.15) is 0 Å². The lowest BCUT2D eigenvalue weighted by molar-refractivity contribution is -0.141. The van der Waals surface area contributed by atoms with E-state index in [1.807, 2.05) is 30.3 Å². The van der Waals surface area contributed by atoms with Gasteiger partial charge >= 0.3 is 5.97 Å². The Bertz CT molecular complexity index is 384. The van der Waals surface area contributed by atoms with E-state index in [4.69, 9.17) is 10.8 Å². The minimum atomic E-state index is -1.04. The molecular weight excluding hydrogens is 256 g/mol. The van der Waals surface area contributed by atoms with Crippen LogP contribution in [0.25, 0.3) is 0 Å². The maximum Gasteiger partial charge on any atom is 0.326 e. The van der Waals surface area contributed by atoms with Crippen molar-refractivity contribution >= 4 is 24.3 Å². The molecule has 100 valence electrons. The fourth-order valence-corrected chi connectivity index (χ4v) is 1.45. The van der Waals surface area contributed by atoms with E-state index in [1.165, 1.54) is 0 Å². The minimum Gasteiger partial charge on any atom is -0.480 e. The van der Waals surface area contributed by atoms with Gasteiger partial charge in [-0.1, -0.05) is 30.3 Å². The second kappa shape index (κ2) is 8.49. The summed E-state index contributed by atoms with van der Waals surface area (Å²) in [5, 5.41) is 11.5. The average Bonchev–Trinajstić information content (AvgIpc) is 2.29. The van der Waals surface area contributed by atoms with Crippen molar-refractivity contribution in [3.05, 3.63) is 35.9 Å². The van der Waals surface area contributed by atoms with Gasteiger partial charge in [-0.15, -0.1) is 12.4 Å². The summed E-state index contributed by atoms with van der Waals surface area (Å²) in [6.45, 7) is 0.212. The van der Waals surface area contributed by atoms with Crippen LogP contribution in [0.15, 0.2) is 30.3 Å². The van der Waals surface area contributed by atoms with Crippen LogP contribution in [0.5, 0.6) is 0 Å². The molecule has 0 fully saturated rings. The highest BCUT2D eigenvalue weighted by Crippen LogP contribution is 2.03. The summed E-state index contributed by atoms with van der Waals surface area (Å²) < 4.78 is 0. The SMILES string of the molecule is Cl.NCCC(=O)N[C@@H](Cc1ccccc1)C(=O)O. The lowest BCUT2D eigenvalue weighted by Crippen LogP contribution is -2.42. The van der Waals surface area contributed by atoms with E-state index in [9.17, 15) is 9.59 Å². The molecule has 4 N–H and O–H groups in total. The lowest BCUT2D eigenvalue weighted by atomic mass is 10.1. The molecule has 5 nitrogen and oxygen atoms in total. The van der Waals surface area contributed by atoms with Crippen LogP contribution in [0.3, 0.4) is 0 Å². The predicted molar refractivity (Wildman–Crippen MR) is 70.6 cm³/mol. The molecule has 0 unspecified atom stereocenters. The molecular formula is C12H17ClN2O3. The average molecular weight is 273 g/mol. The number of carboxylic acid groups (broad SMARTS) is 1. The number of carbonyl (C=O) groups excluding carboxylic acids is 1. The number of carbonyl (C=O) groups is 2. The van der Waals surface area contributed by atoms with Gasteiger partial charge in [0.05, 0.1) is 0 Å². The number of carboxylic acids is 1. The number of benzene rings is 1. The zero-order valence-corrected chi connectivity index (χ0v) is 10.7. The molecule has 18 heavy (non-hydrogen) atoms. The molecule has 1 atom stereocenters. The highest BCUT2D eigenvalue weighted by Gasteiger charge is 2.19. The summed E-state index contributed by atoms with van der Waals surface area (Å²) >= 11 is 0. The Morgan fingerprint density at radius 3 is 2.39 bits per heavy atom. The van der Waals surface area contributed by atoms with Crippen molar-refractivity contribution in [3.63, 3.8) is 0 Å². The molecule has 0 aliphatic rings. The Morgan fingerprint density at radius 2 is 1.89 bits per heavy atom. The van der Waals surface area contributed by atoms with Crippen molar-refractivity contribution in [3.8, 4) is 0 Å². The molecule has 0 radical (unpaired) electrons. The number of halogens is 1. The summed E-state index contributed by atoms with van der Waals surface area (Å²) in [5.74, 6) is -1.38. The Kier molecular flexibility index (Phi) is 7.74. The summed E-state index contributed by atoms with van der Waals surface area (Å²) in [6.07, 6.45) is 0.408. The van der Waals surface area contributed by atoms with Crippen molar-refractivity contribution < 1.29 is 14.7 Å². The highest BCUT2D eigenvalue weighted by atomic mass is 35.5. The van der Waals surface area contributed by atoms with E-state index < -0.39 is 12.0 Å². The zero-order chi connectivity index (χ0) is 12.7. The normalized spacial score (nSPS) is 11.2. The number of aliphatic carboxylic acids is 1. The number of hydrogen-bond donors (Lipinski definition) is 3. The van der Waals surface area contributed by atoms with E-state index in [2.05, 4.69) is 5.32 Å². The van der Waals surface area contributed by atoms with Crippen molar-refractivity contribution in [2.75, 3.05) is 6.54 Å². The molecule has 1 amide bonds. The standard InChI is InChI=1S/C12H16N2O3.ClH/c13-7-6-11(15)14-10(12(16)17)8-9-4-2-1-3-5-9;/h1-5,10H,6-8,13H2,(H,14,15)(H,16,17);1H/t10-;/m0./s1. The molecule has 0 aliphatic heterocycles. The topological polar surface area (TPSA) is 92.4 Å². The lowest BCUT2D eigenvalue weighted by Gasteiger charge is -2.14. The van der Waals surface area contributed by atoms with Crippen LogP contribution in [-0.4, -0.2) is 29.6 Å². The van der Waals surface area contributed by atoms with E-state index in [-0.39, 0.29) is 37.7 Å². The molecule has 0 bridgehead atoms. The van der Waals surface area contributed by atoms with E-state index in [1.54, 1.807) is 0 Å². The number of rotatable bonds is 6.